The van der Waals surface area contributed by atoms with Crippen molar-refractivity contribution in [2.75, 3.05) is 0 Å². The van der Waals surface area contributed by atoms with E-state index in [9.17, 15) is 0 Å². The Kier molecular flexibility index (Phi) is 1.84. The molecule has 2 saturated carbocycles. The van der Waals surface area contributed by atoms with Crippen molar-refractivity contribution in [1.82, 2.24) is 4.98 Å². The third kappa shape index (κ3) is 1.10. The second-order valence-electron chi connectivity index (χ2n) is 4.72. The first-order valence-corrected chi connectivity index (χ1v) is 5.52. The maximum Gasteiger partial charge on any atom is 0.0303 e. The van der Waals surface area contributed by atoms with Crippen LogP contribution in [-0.2, 0) is 0 Å². The van der Waals surface area contributed by atoms with E-state index in [2.05, 4.69) is 11.1 Å². The second-order valence-corrected chi connectivity index (χ2v) is 4.72. The lowest BCUT2D eigenvalue weighted by molar-refractivity contribution is 0.365. The molecule has 0 aliphatic heterocycles. The molecule has 0 radical (unpaired) electrons. The summed E-state index contributed by atoms with van der Waals surface area (Å²) in [4.78, 5) is 4.19. The van der Waals surface area contributed by atoms with E-state index in [0.29, 0.717) is 12.0 Å². The largest absolute Gasteiger partial charge is 0.327 e. The standard InChI is InChI=1S/C12H16N2/c13-12-9-4-3-8(6-9)11(12)10-2-1-5-14-7-10/h1-2,5,7-9,11-12H,3-4,6,13H2/t8-,9+,11+,12-/m1/s1. The van der Waals surface area contributed by atoms with Crippen LogP contribution in [0.2, 0.25) is 0 Å². The Morgan fingerprint density at radius 2 is 2.14 bits per heavy atom. The quantitative estimate of drug-likeness (QED) is 0.731. The zero-order chi connectivity index (χ0) is 9.54. The molecule has 0 amide bonds. The zero-order valence-electron chi connectivity index (χ0n) is 8.26. The van der Waals surface area contributed by atoms with Crippen molar-refractivity contribution in [1.29, 1.82) is 0 Å². The summed E-state index contributed by atoms with van der Waals surface area (Å²) in [7, 11) is 0. The predicted molar refractivity (Wildman–Crippen MR) is 55.8 cm³/mol. The summed E-state index contributed by atoms with van der Waals surface area (Å²) in [5.41, 5.74) is 7.62. The number of hydrogen-bond acceptors (Lipinski definition) is 2. The van der Waals surface area contributed by atoms with Gasteiger partial charge in [-0.05, 0) is 42.7 Å². The number of nitrogens with two attached hydrogens (primary N) is 1. The monoisotopic (exact) mass is 188 g/mol. The van der Waals surface area contributed by atoms with Gasteiger partial charge in [0.15, 0.2) is 0 Å². The Bertz CT molecular complexity index is 320. The second kappa shape index (κ2) is 3.06. The van der Waals surface area contributed by atoms with Crippen molar-refractivity contribution in [2.24, 2.45) is 17.6 Å². The molecule has 2 heteroatoms. The molecule has 3 rings (SSSR count). The van der Waals surface area contributed by atoms with E-state index in [1.807, 2.05) is 18.5 Å². The van der Waals surface area contributed by atoms with Crippen molar-refractivity contribution in [3.05, 3.63) is 30.1 Å². The molecule has 0 saturated heterocycles. The highest BCUT2D eigenvalue weighted by atomic mass is 14.7. The van der Waals surface area contributed by atoms with Crippen LogP contribution >= 0.6 is 0 Å². The molecule has 2 aliphatic rings. The molecule has 0 unspecified atom stereocenters. The highest BCUT2D eigenvalue weighted by molar-refractivity contribution is 5.22. The third-order valence-corrected chi connectivity index (χ3v) is 4.05. The summed E-state index contributed by atoms with van der Waals surface area (Å²) >= 11 is 0. The Morgan fingerprint density at radius 3 is 2.79 bits per heavy atom. The van der Waals surface area contributed by atoms with E-state index in [-0.39, 0.29) is 0 Å². The van der Waals surface area contributed by atoms with E-state index in [0.717, 1.165) is 11.8 Å². The molecule has 14 heavy (non-hydrogen) atoms. The Hall–Kier alpha value is -0.890. The minimum Gasteiger partial charge on any atom is -0.327 e. The molecule has 2 fully saturated rings. The summed E-state index contributed by atoms with van der Waals surface area (Å²) in [6, 6.07) is 4.59. The fraction of sp³-hybridized carbons (Fsp3) is 0.583. The van der Waals surface area contributed by atoms with E-state index < -0.39 is 0 Å². The van der Waals surface area contributed by atoms with Crippen LogP contribution in [0.1, 0.15) is 30.7 Å². The highest BCUT2D eigenvalue weighted by Gasteiger charge is 2.46. The number of hydrogen-bond donors (Lipinski definition) is 1. The lowest BCUT2D eigenvalue weighted by Gasteiger charge is -2.28. The van der Waals surface area contributed by atoms with Crippen LogP contribution in [0.25, 0.3) is 0 Å². The van der Waals surface area contributed by atoms with E-state index in [4.69, 9.17) is 5.73 Å². The van der Waals surface area contributed by atoms with E-state index >= 15 is 0 Å². The molecule has 0 aromatic carbocycles. The molecule has 1 aromatic heterocycles. The zero-order valence-corrected chi connectivity index (χ0v) is 8.26. The number of aromatic nitrogens is 1. The van der Waals surface area contributed by atoms with Crippen LogP contribution in [0.5, 0.6) is 0 Å². The Morgan fingerprint density at radius 1 is 1.29 bits per heavy atom. The van der Waals surface area contributed by atoms with Gasteiger partial charge < -0.3 is 5.73 Å². The van der Waals surface area contributed by atoms with Crippen LogP contribution in [0.15, 0.2) is 24.5 Å². The van der Waals surface area contributed by atoms with E-state index in [1.165, 1.54) is 24.8 Å². The molecule has 2 bridgehead atoms. The third-order valence-electron chi connectivity index (χ3n) is 4.05. The van der Waals surface area contributed by atoms with Crippen LogP contribution < -0.4 is 5.73 Å². The molecule has 1 aromatic rings. The van der Waals surface area contributed by atoms with Crippen molar-refractivity contribution in [2.45, 2.75) is 31.2 Å². The lowest BCUT2D eigenvalue weighted by atomic mass is 9.81. The number of pyridine rings is 1. The predicted octanol–water partition coefficient (Wildman–Crippen LogP) is 1.92. The van der Waals surface area contributed by atoms with Gasteiger partial charge in [0, 0.05) is 24.4 Å². The van der Waals surface area contributed by atoms with Crippen molar-refractivity contribution in [3.8, 4) is 0 Å². The van der Waals surface area contributed by atoms with Gasteiger partial charge in [-0.2, -0.15) is 0 Å². The molecule has 74 valence electrons. The van der Waals surface area contributed by atoms with Crippen molar-refractivity contribution < 1.29 is 0 Å². The fourth-order valence-corrected chi connectivity index (χ4v) is 3.40. The van der Waals surface area contributed by atoms with Crippen LogP contribution in [0, 0.1) is 11.8 Å². The molecule has 0 spiro atoms. The smallest absolute Gasteiger partial charge is 0.0303 e. The first-order chi connectivity index (χ1) is 6.86. The van der Waals surface area contributed by atoms with Crippen molar-refractivity contribution in [3.63, 3.8) is 0 Å². The van der Waals surface area contributed by atoms with Gasteiger partial charge in [0.25, 0.3) is 0 Å². The Balaban J connectivity index is 1.93. The van der Waals surface area contributed by atoms with Gasteiger partial charge >= 0.3 is 0 Å². The van der Waals surface area contributed by atoms with Crippen molar-refractivity contribution >= 4 is 0 Å². The average Bonchev–Trinajstić information content (AvgIpc) is 2.79. The maximum atomic E-state index is 6.27. The topological polar surface area (TPSA) is 38.9 Å². The molecular weight excluding hydrogens is 172 g/mol. The molecule has 2 nitrogen and oxygen atoms in total. The van der Waals surface area contributed by atoms with Crippen LogP contribution in [0.3, 0.4) is 0 Å². The summed E-state index contributed by atoms with van der Waals surface area (Å²) in [5.74, 6) is 2.20. The minimum absolute atomic E-state index is 0.387. The fourth-order valence-electron chi connectivity index (χ4n) is 3.40. The molecule has 2 aliphatic carbocycles. The van der Waals surface area contributed by atoms with Gasteiger partial charge in [-0.3, -0.25) is 4.98 Å². The van der Waals surface area contributed by atoms with Gasteiger partial charge in [0.2, 0.25) is 0 Å². The summed E-state index contributed by atoms with van der Waals surface area (Å²) in [5, 5.41) is 0. The summed E-state index contributed by atoms with van der Waals surface area (Å²) in [6.45, 7) is 0. The van der Waals surface area contributed by atoms with Gasteiger partial charge in [0.05, 0.1) is 0 Å². The number of rotatable bonds is 1. The first-order valence-electron chi connectivity index (χ1n) is 5.52. The molecule has 1 heterocycles. The van der Waals surface area contributed by atoms with Gasteiger partial charge in [0.1, 0.15) is 0 Å². The average molecular weight is 188 g/mol. The summed E-state index contributed by atoms with van der Waals surface area (Å²) in [6.07, 6.45) is 7.90. The van der Waals surface area contributed by atoms with Gasteiger partial charge in [-0.25, -0.2) is 0 Å². The van der Waals surface area contributed by atoms with Gasteiger partial charge in [-0.15, -0.1) is 0 Å². The minimum atomic E-state index is 0.387. The maximum absolute atomic E-state index is 6.27. The van der Waals surface area contributed by atoms with Crippen LogP contribution in [0.4, 0.5) is 0 Å². The lowest BCUT2D eigenvalue weighted by Crippen LogP contribution is -2.34. The van der Waals surface area contributed by atoms with Gasteiger partial charge in [-0.1, -0.05) is 6.07 Å². The summed E-state index contributed by atoms with van der Waals surface area (Å²) < 4.78 is 0. The number of fused-ring (bicyclic) bond motifs is 2. The Labute approximate surface area is 84.5 Å². The molecule has 4 atom stereocenters. The normalized spacial score (nSPS) is 40.4. The SMILES string of the molecule is N[C@@H]1[C@H]2CC[C@H](C2)[C@H]1c1cccnc1. The first kappa shape index (κ1) is 8.42. The molecule has 2 N–H and O–H groups in total. The molecular formula is C12H16N2. The number of nitrogens with zero attached hydrogens (tertiary/aromatic N) is 1. The highest BCUT2D eigenvalue weighted by Crippen LogP contribution is 2.51. The van der Waals surface area contributed by atoms with Crippen LogP contribution in [-0.4, -0.2) is 11.0 Å². The van der Waals surface area contributed by atoms with E-state index in [1.54, 1.807) is 0 Å².